The van der Waals surface area contributed by atoms with Gasteiger partial charge < -0.3 is 24.4 Å². The third-order valence-electron chi connectivity index (χ3n) is 5.94. The number of carbonyl (C=O) groups is 2. The molecule has 1 amide bonds. The van der Waals surface area contributed by atoms with Crippen LogP contribution in [0.5, 0.6) is 11.5 Å². The number of hydrogen-bond acceptors (Lipinski definition) is 6. The largest absolute Gasteiger partial charge is 0.507 e. The van der Waals surface area contributed by atoms with Crippen molar-refractivity contribution in [3.8, 4) is 11.5 Å². The predicted octanol–water partition coefficient (Wildman–Crippen LogP) is 4.12. The maximum atomic E-state index is 13.2. The number of ketones is 1. The lowest BCUT2D eigenvalue weighted by atomic mass is 9.94. The Labute approximate surface area is 199 Å². The maximum absolute atomic E-state index is 13.2. The van der Waals surface area contributed by atoms with Crippen LogP contribution in [0.4, 0.5) is 0 Å². The second kappa shape index (κ2) is 10.7. The average molecular weight is 473 g/mol. The lowest BCUT2D eigenvalue weighted by molar-refractivity contribution is -0.140. The molecule has 2 aromatic rings. The van der Waals surface area contributed by atoms with Gasteiger partial charge in [-0.3, -0.25) is 9.59 Å². The number of rotatable bonds is 9. The lowest BCUT2D eigenvalue weighted by Gasteiger charge is -2.29. The van der Waals surface area contributed by atoms with Gasteiger partial charge in [0.2, 0.25) is 0 Å². The minimum atomic E-state index is -0.832. The fraction of sp³-hybridized carbons (Fsp3) is 0.360. The molecule has 176 valence electrons. The summed E-state index contributed by atoms with van der Waals surface area (Å²) < 4.78 is 11.0. The van der Waals surface area contributed by atoms with E-state index in [4.69, 9.17) is 21.1 Å². The van der Waals surface area contributed by atoms with Crippen molar-refractivity contribution in [1.29, 1.82) is 0 Å². The molecular formula is C25H29ClN2O5. The number of benzene rings is 2. The van der Waals surface area contributed by atoms with E-state index in [0.717, 1.165) is 13.1 Å². The first-order valence-electron chi connectivity index (χ1n) is 10.8. The second-order valence-electron chi connectivity index (χ2n) is 7.61. The second-order valence-corrected chi connectivity index (χ2v) is 8.05. The fourth-order valence-corrected chi connectivity index (χ4v) is 4.24. The smallest absolute Gasteiger partial charge is 0.295 e. The van der Waals surface area contributed by atoms with Crippen LogP contribution < -0.4 is 9.47 Å². The number of amides is 1. The highest BCUT2D eigenvalue weighted by Gasteiger charge is 2.47. The van der Waals surface area contributed by atoms with E-state index in [-0.39, 0.29) is 11.3 Å². The quantitative estimate of drug-likeness (QED) is 0.336. The van der Waals surface area contributed by atoms with Gasteiger partial charge >= 0.3 is 0 Å². The van der Waals surface area contributed by atoms with E-state index in [1.165, 1.54) is 19.1 Å². The minimum absolute atomic E-state index is 0.00780. The molecule has 0 radical (unpaired) electrons. The summed E-state index contributed by atoms with van der Waals surface area (Å²) in [7, 11) is 3.02. The molecule has 0 saturated carbocycles. The molecule has 1 saturated heterocycles. The van der Waals surface area contributed by atoms with Crippen LogP contribution in [0.25, 0.3) is 5.76 Å². The van der Waals surface area contributed by atoms with Crippen LogP contribution in [0.2, 0.25) is 5.02 Å². The number of likely N-dealkylation sites (tertiary alicyclic amines) is 1. The molecule has 8 heteroatoms. The summed E-state index contributed by atoms with van der Waals surface area (Å²) in [6, 6.07) is 10.9. The zero-order valence-corrected chi connectivity index (χ0v) is 20.1. The van der Waals surface area contributed by atoms with Gasteiger partial charge in [0.05, 0.1) is 25.8 Å². The maximum Gasteiger partial charge on any atom is 0.295 e. The van der Waals surface area contributed by atoms with Crippen LogP contribution in [0.3, 0.4) is 0 Å². The minimum Gasteiger partial charge on any atom is -0.507 e. The normalized spacial score (nSPS) is 17.6. The molecule has 1 atom stereocenters. The molecule has 0 aromatic heterocycles. The van der Waals surface area contributed by atoms with Crippen LogP contribution in [0, 0.1) is 0 Å². The lowest BCUT2D eigenvalue weighted by Crippen LogP contribution is -2.38. The summed E-state index contributed by atoms with van der Waals surface area (Å²) in [6.45, 7) is 6.62. The van der Waals surface area contributed by atoms with E-state index in [0.29, 0.717) is 40.7 Å². The van der Waals surface area contributed by atoms with Gasteiger partial charge in [0.25, 0.3) is 11.7 Å². The Hall–Kier alpha value is -3.03. The molecule has 2 aromatic carbocycles. The van der Waals surface area contributed by atoms with Gasteiger partial charge in [-0.2, -0.15) is 0 Å². The zero-order valence-electron chi connectivity index (χ0n) is 19.3. The molecule has 1 fully saturated rings. The Morgan fingerprint density at radius 2 is 1.73 bits per heavy atom. The standard InChI is InChI=1S/C25H29ClN2O5/c1-5-27(6-2)14-15-28-21(18-8-7-9-19(32-3)24(18)33-4)20(23(30)25(28)31)22(29)16-10-12-17(26)13-11-16/h7-13,21,29H,5-6,14-15H2,1-4H3/t21-/m0/s1. The number of likely N-dealkylation sites (N-methyl/N-ethyl adjacent to an activating group) is 1. The highest BCUT2D eigenvalue weighted by Crippen LogP contribution is 2.45. The predicted molar refractivity (Wildman–Crippen MR) is 128 cm³/mol. The van der Waals surface area contributed by atoms with Crippen molar-refractivity contribution in [3.05, 3.63) is 64.2 Å². The first-order valence-corrected chi connectivity index (χ1v) is 11.2. The molecule has 0 aliphatic carbocycles. The molecule has 1 N–H and O–H groups in total. The number of para-hydroxylation sites is 1. The van der Waals surface area contributed by atoms with Gasteiger partial charge in [0.1, 0.15) is 5.76 Å². The zero-order chi connectivity index (χ0) is 24.1. The van der Waals surface area contributed by atoms with Crippen LogP contribution >= 0.6 is 11.6 Å². The number of carbonyl (C=O) groups excluding carboxylic acids is 2. The molecular weight excluding hydrogens is 444 g/mol. The number of methoxy groups -OCH3 is 2. The number of Topliss-reactive ketones (excluding diaryl/α,β-unsaturated/α-hetero) is 1. The molecule has 0 spiro atoms. The summed E-state index contributed by atoms with van der Waals surface area (Å²) in [6.07, 6.45) is 0. The van der Waals surface area contributed by atoms with E-state index in [1.54, 1.807) is 42.5 Å². The molecule has 1 aliphatic heterocycles. The third kappa shape index (κ3) is 4.84. The monoisotopic (exact) mass is 472 g/mol. The summed E-state index contributed by atoms with van der Waals surface area (Å²) >= 11 is 5.98. The number of hydrogen-bond donors (Lipinski definition) is 1. The Morgan fingerprint density at radius 1 is 1.06 bits per heavy atom. The van der Waals surface area contributed by atoms with Crippen LogP contribution in [0.15, 0.2) is 48.0 Å². The third-order valence-corrected chi connectivity index (χ3v) is 6.19. The van der Waals surface area contributed by atoms with Gasteiger partial charge in [-0.05, 0) is 43.4 Å². The Morgan fingerprint density at radius 3 is 2.30 bits per heavy atom. The van der Waals surface area contributed by atoms with Gasteiger partial charge in [0, 0.05) is 29.2 Å². The molecule has 3 rings (SSSR count). The van der Waals surface area contributed by atoms with Crippen molar-refractivity contribution in [2.24, 2.45) is 0 Å². The van der Waals surface area contributed by atoms with Crippen molar-refractivity contribution in [2.75, 3.05) is 40.4 Å². The first kappa shape index (κ1) is 24.6. The molecule has 7 nitrogen and oxygen atoms in total. The fourth-order valence-electron chi connectivity index (χ4n) is 4.11. The Kier molecular flexibility index (Phi) is 8.00. The summed E-state index contributed by atoms with van der Waals surface area (Å²) in [4.78, 5) is 30.0. The molecule has 0 bridgehead atoms. The molecule has 1 heterocycles. The van der Waals surface area contributed by atoms with Gasteiger partial charge in [-0.15, -0.1) is 0 Å². The van der Waals surface area contributed by atoms with E-state index in [1.807, 2.05) is 13.8 Å². The van der Waals surface area contributed by atoms with Gasteiger partial charge in [-0.1, -0.05) is 37.6 Å². The van der Waals surface area contributed by atoms with Gasteiger partial charge in [0.15, 0.2) is 11.5 Å². The van der Waals surface area contributed by atoms with Crippen LogP contribution in [-0.2, 0) is 9.59 Å². The summed E-state index contributed by atoms with van der Waals surface area (Å²) in [5.41, 5.74) is 0.965. The van der Waals surface area contributed by atoms with E-state index in [9.17, 15) is 14.7 Å². The molecule has 1 aliphatic rings. The SMILES string of the molecule is CCN(CC)CCN1C(=O)C(=O)C(=C(O)c2ccc(Cl)cc2)[C@@H]1c1cccc(OC)c1OC. The molecule has 33 heavy (non-hydrogen) atoms. The van der Waals surface area contributed by atoms with Crippen molar-refractivity contribution >= 4 is 29.1 Å². The van der Waals surface area contributed by atoms with E-state index >= 15 is 0 Å². The van der Waals surface area contributed by atoms with E-state index in [2.05, 4.69) is 4.90 Å². The molecule has 0 unspecified atom stereocenters. The average Bonchev–Trinajstić information content (AvgIpc) is 3.08. The number of halogens is 1. The number of nitrogens with zero attached hydrogens (tertiary/aromatic N) is 2. The topological polar surface area (TPSA) is 79.3 Å². The van der Waals surface area contributed by atoms with Crippen molar-refractivity contribution in [2.45, 2.75) is 19.9 Å². The number of aliphatic hydroxyl groups excluding tert-OH is 1. The highest BCUT2D eigenvalue weighted by molar-refractivity contribution is 6.46. The van der Waals surface area contributed by atoms with Crippen molar-refractivity contribution < 1.29 is 24.2 Å². The van der Waals surface area contributed by atoms with Crippen molar-refractivity contribution in [1.82, 2.24) is 9.80 Å². The van der Waals surface area contributed by atoms with Crippen molar-refractivity contribution in [3.63, 3.8) is 0 Å². The Balaban J connectivity index is 2.19. The summed E-state index contributed by atoms with van der Waals surface area (Å²) in [5.74, 6) is -0.785. The highest BCUT2D eigenvalue weighted by atomic mass is 35.5. The summed E-state index contributed by atoms with van der Waals surface area (Å²) in [5, 5.41) is 11.7. The van der Waals surface area contributed by atoms with E-state index < -0.39 is 17.7 Å². The first-order chi connectivity index (χ1) is 15.9. The van der Waals surface area contributed by atoms with Gasteiger partial charge in [-0.25, -0.2) is 0 Å². The number of ether oxygens (including phenoxy) is 2. The van der Waals surface area contributed by atoms with Crippen LogP contribution in [0.1, 0.15) is 31.0 Å². The Bertz CT molecular complexity index is 1050. The van der Waals surface area contributed by atoms with Crippen LogP contribution in [-0.4, -0.2) is 67.0 Å². The number of aliphatic hydroxyl groups is 1.